The minimum Gasteiger partial charge on any atom is -0.310 e. The Balaban J connectivity index is 1.05. The van der Waals surface area contributed by atoms with Gasteiger partial charge in [-0.05, 0) is 119 Å². The van der Waals surface area contributed by atoms with Crippen LogP contribution in [-0.2, 0) is 0 Å². The fourth-order valence-electron chi connectivity index (χ4n) is 9.26. The van der Waals surface area contributed by atoms with Crippen LogP contribution in [0.1, 0.15) is 0 Å². The lowest BCUT2D eigenvalue weighted by Gasteiger charge is -2.29. The van der Waals surface area contributed by atoms with Gasteiger partial charge in [-0.2, -0.15) is 0 Å². The Morgan fingerprint density at radius 1 is 0.206 bits per heavy atom. The zero-order valence-corrected chi connectivity index (χ0v) is 34.8. The van der Waals surface area contributed by atoms with Crippen molar-refractivity contribution in [3.63, 3.8) is 0 Å². The molecular weight excluding hydrogens is 759 g/mol. The molecule has 0 fully saturated rings. The van der Waals surface area contributed by atoms with E-state index < -0.39 is 0 Å². The zero-order chi connectivity index (χ0) is 42.0. The van der Waals surface area contributed by atoms with Gasteiger partial charge in [0.2, 0.25) is 0 Å². The molecule has 0 saturated heterocycles. The Kier molecular flexibility index (Phi) is 9.97. The van der Waals surface area contributed by atoms with Crippen molar-refractivity contribution < 1.29 is 0 Å². The molecule has 0 N–H and O–H groups in total. The van der Waals surface area contributed by atoms with Crippen LogP contribution in [0.25, 0.3) is 88.3 Å². The first-order valence-corrected chi connectivity index (χ1v) is 21.7. The Bertz CT molecular complexity index is 3380. The van der Waals surface area contributed by atoms with Gasteiger partial charge in [0.15, 0.2) is 0 Å². The summed E-state index contributed by atoms with van der Waals surface area (Å²) in [5.41, 5.74) is 17.6. The van der Waals surface area contributed by atoms with Crippen LogP contribution in [0.3, 0.4) is 0 Å². The number of para-hydroxylation sites is 1. The first kappa shape index (κ1) is 37.7. The van der Waals surface area contributed by atoms with Gasteiger partial charge in [0.25, 0.3) is 0 Å². The van der Waals surface area contributed by atoms with Crippen molar-refractivity contribution in [1.82, 2.24) is 0 Å². The van der Waals surface area contributed by atoms with Crippen LogP contribution < -0.4 is 4.90 Å². The van der Waals surface area contributed by atoms with Crippen LogP contribution in [0.5, 0.6) is 0 Å². The molecule has 0 bridgehead atoms. The quantitative estimate of drug-likeness (QED) is 0.141. The highest BCUT2D eigenvalue weighted by Gasteiger charge is 2.21. The fourth-order valence-corrected chi connectivity index (χ4v) is 9.26. The zero-order valence-electron chi connectivity index (χ0n) is 34.8. The van der Waals surface area contributed by atoms with Crippen molar-refractivity contribution in [3.8, 4) is 66.8 Å². The van der Waals surface area contributed by atoms with Crippen molar-refractivity contribution in [3.05, 3.63) is 261 Å². The van der Waals surface area contributed by atoms with Gasteiger partial charge in [0, 0.05) is 16.9 Å². The summed E-state index contributed by atoms with van der Waals surface area (Å²) in [6, 6.07) is 94.7. The summed E-state index contributed by atoms with van der Waals surface area (Å²) in [6.45, 7) is 0. The molecule has 11 aromatic rings. The summed E-state index contributed by atoms with van der Waals surface area (Å²) >= 11 is 0. The smallest absolute Gasteiger partial charge is 0.0540 e. The summed E-state index contributed by atoms with van der Waals surface area (Å²) in [5.74, 6) is 0. The van der Waals surface area contributed by atoms with E-state index in [2.05, 4.69) is 266 Å². The standard InChI is InChI=1S/C62H43N/c1-2-17-44(18-3-1)46-35-39-51(40-36-46)63(52-41-37-48(38-42-52)54-31-16-22-47-20-6-7-23-53(47)54)62-32-15-14-30-61(62)60-29-13-12-28-59(60)58-27-11-10-26-57(58)56-25-9-8-24-55(56)50-34-33-45-19-4-5-21-49(45)43-50/h1-43H. The highest BCUT2D eigenvalue weighted by molar-refractivity contribution is 6.01. The van der Waals surface area contributed by atoms with Gasteiger partial charge < -0.3 is 4.90 Å². The second-order valence-electron chi connectivity index (χ2n) is 16.0. The van der Waals surface area contributed by atoms with Gasteiger partial charge in [-0.3, -0.25) is 0 Å². The molecule has 0 saturated carbocycles. The molecule has 0 amide bonds. The van der Waals surface area contributed by atoms with Crippen LogP contribution in [0, 0.1) is 0 Å². The topological polar surface area (TPSA) is 3.24 Å². The molecule has 0 radical (unpaired) electrons. The van der Waals surface area contributed by atoms with Gasteiger partial charge in [0.05, 0.1) is 5.69 Å². The highest BCUT2D eigenvalue weighted by atomic mass is 15.1. The van der Waals surface area contributed by atoms with Crippen molar-refractivity contribution in [2.75, 3.05) is 4.90 Å². The largest absolute Gasteiger partial charge is 0.310 e. The van der Waals surface area contributed by atoms with E-state index in [9.17, 15) is 0 Å². The van der Waals surface area contributed by atoms with Crippen molar-refractivity contribution in [1.29, 1.82) is 0 Å². The van der Waals surface area contributed by atoms with E-state index in [4.69, 9.17) is 0 Å². The third-order valence-electron chi connectivity index (χ3n) is 12.3. The Labute approximate surface area is 369 Å². The molecule has 0 atom stereocenters. The second kappa shape index (κ2) is 16.7. The lowest BCUT2D eigenvalue weighted by atomic mass is 9.86. The minimum absolute atomic E-state index is 1.08. The Morgan fingerprint density at radius 3 is 1.27 bits per heavy atom. The first-order chi connectivity index (χ1) is 31.3. The van der Waals surface area contributed by atoms with Gasteiger partial charge in [-0.1, -0.05) is 224 Å². The molecule has 0 aliphatic carbocycles. The summed E-state index contributed by atoms with van der Waals surface area (Å²) in [5, 5.41) is 4.98. The number of nitrogens with zero attached hydrogens (tertiary/aromatic N) is 1. The molecule has 0 aliphatic rings. The molecule has 0 spiro atoms. The van der Waals surface area contributed by atoms with Gasteiger partial charge in [-0.25, -0.2) is 0 Å². The Hall–Kier alpha value is -8.26. The summed E-state index contributed by atoms with van der Waals surface area (Å²) in [7, 11) is 0. The number of hydrogen-bond donors (Lipinski definition) is 0. The predicted octanol–water partition coefficient (Wildman–Crippen LogP) is 17.5. The third-order valence-corrected chi connectivity index (χ3v) is 12.3. The van der Waals surface area contributed by atoms with E-state index in [1.54, 1.807) is 0 Å². The predicted molar refractivity (Wildman–Crippen MR) is 269 cm³/mol. The van der Waals surface area contributed by atoms with Crippen LogP contribution in [0.15, 0.2) is 261 Å². The van der Waals surface area contributed by atoms with Crippen LogP contribution in [-0.4, -0.2) is 0 Å². The molecule has 0 heterocycles. The molecule has 296 valence electrons. The van der Waals surface area contributed by atoms with Crippen molar-refractivity contribution >= 4 is 38.6 Å². The SMILES string of the molecule is c1ccc(-c2ccc(N(c3ccc(-c4cccc5ccccc45)cc3)c3ccccc3-c3ccccc3-c3ccccc3-c3ccccc3-c3ccc4ccccc4c3)cc2)cc1. The maximum atomic E-state index is 2.41. The summed E-state index contributed by atoms with van der Waals surface area (Å²) in [6.07, 6.45) is 0. The number of rotatable bonds is 9. The van der Waals surface area contributed by atoms with Crippen LogP contribution >= 0.6 is 0 Å². The molecule has 11 rings (SSSR count). The van der Waals surface area contributed by atoms with E-state index in [0.29, 0.717) is 0 Å². The number of hydrogen-bond acceptors (Lipinski definition) is 1. The monoisotopic (exact) mass is 801 g/mol. The Morgan fingerprint density at radius 2 is 0.619 bits per heavy atom. The van der Waals surface area contributed by atoms with Crippen molar-refractivity contribution in [2.45, 2.75) is 0 Å². The van der Waals surface area contributed by atoms with Gasteiger partial charge in [-0.15, -0.1) is 0 Å². The van der Waals surface area contributed by atoms with Crippen molar-refractivity contribution in [2.24, 2.45) is 0 Å². The third kappa shape index (κ3) is 7.26. The molecular formula is C62H43N. The highest BCUT2D eigenvalue weighted by Crippen LogP contribution is 2.47. The average molecular weight is 802 g/mol. The normalized spacial score (nSPS) is 11.2. The lowest BCUT2D eigenvalue weighted by Crippen LogP contribution is -2.11. The number of anilines is 3. The van der Waals surface area contributed by atoms with E-state index in [0.717, 1.165) is 22.6 Å². The van der Waals surface area contributed by atoms with E-state index in [1.165, 1.54) is 82.7 Å². The summed E-state index contributed by atoms with van der Waals surface area (Å²) in [4.78, 5) is 2.41. The molecule has 0 aromatic heterocycles. The van der Waals surface area contributed by atoms with E-state index >= 15 is 0 Å². The summed E-state index contributed by atoms with van der Waals surface area (Å²) < 4.78 is 0. The number of benzene rings is 11. The van der Waals surface area contributed by atoms with Crippen LogP contribution in [0.4, 0.5) is 17.1 Å². The molecule has 1 heteroatoms. The minimum atomic E-state index is 1.08. The molecule has 1 nitrogen and oxygen atoms in total. The lowest BCUT2D eigenvalue weighted by molar-refractivity contribution is 1.28. The molecule has 0 unspecified atom stereocenters. The molecule has 11 aromatic carbocycles. The molecule has 0 aliphatic heterocycles. The maximum absolute atomic E-state index is 2.41. The van der Waals surface area contributed by atoms with Gasteiger partial charge in [0.1, 0.15) is 0 Å². The first-order valence-electron chi connectivity index (χ1n) is 21.7. The molecule has 63 heavy (non-hydrogen) atoms. The van der Waals surface area contributed by atoms with E-state index in [-0.39, 0.29) is 0 Å². The average Bonchev–Trinajstić information content (AvgIpc) is 3.37. The second-order valence-corrected chi connectivity index (χ2v) is 16.0. The van der Waals surface area contributed by atoms with Crippen LogP contribution in [0.2, 0.25) is 0 Å². The maximum Gasteiger partial charge on any atom is 0.0540 e. The van der Waals surface area contributed by atoms with Gasteiger partial charge >= 0.3 is 0 Å². The number of fused-ring (bicyclic) bond motifs is 2. The van der Waals surface area contributed by atoms with E-state index in [1.807, 2.05) is 0 Å². The fraction of sp³-hybridized carbons (Fsp3) is 0.